The van der Waals surface area contributed by atoms with E-state index < -0.39 is 0 Å². The van der Waals surface area contributed by atoms with Gasteiger partial charge in [0, 0.05) is 11.4 Å². The van der Waals surface area contributed by atoms with Gasteiger partial charge in [-0.15, -0.1) is 11.8 Å². The van der Waals surface area contributed by atoms with Gasteiger partial charge >= 0.3 is 0 Å². The Morgan fingerprint density at radius 3 is 2.17 bits per heavy atom. The highest BCUT2D eigenvalue weighted by Crippen LogP contribution is 2.16. The standard InChI is InChI=1S/C18H19FN2O2S/c1-12-3-7-16(8-4-12)21-18(23)13(2)24-11-17(22)20-15-9-5-14(19)6-10-15/h3-10,13H,11H2,1-2H3,(H,20,22)(H,21,23)/t13-/m1/s1. The quantitative estimate of drug-likeness (QED) is 0.836. The molecule has 0 unspecified atom stereocenters. The van der Waals surface area contributed by atoms with Crippen LogP contribution >= 0.6 is 11.8 Å². The van der Waals surface area contributed by atoms with E-state index in [0.717, 1.165) is 11.3 Å². The normalized spacial score (nSPS) is 11.6. The monoisotopic (exact) mass is 346 g/mol. The highest BCUT2D eigenvalue weighted by molar-refractivity contribution is 8.01. The van der Waals surface area contributed by atoms with Crippen molar-refractivity contribution in [3.05, 3.63) is 59.9 Å². The Labute approximate surface area is 144 Å². The van der Waals surface area contributed by atoms with Crippen molar-refractivity contribution in [2.45, 2.75) is 19.1 Å². The van der Waals surface area contributed by atoms with Crippen molar-refractivity contribution in [3.8, 4) is 0 Å². The van der Waals surface area contributed by atoms with Gasteiger partial charge in [0.2, 0.25) is 11.8 Å². The molecule has 0 fully saturated rings. The van der Waals surface area contributed by atoms with E-state index in [0.29, 0.717) is 5.69 Å². The van der Waals surface area contributed by atoms with E-state index >= 15 is 0 Å². The Kier molecular flexibility index (Phi) is 6.37. The van der Waals surface area contributed by atoms with Crippen LogP contribution in [-0.4, -0.2) is 22.8 Å². The van der Waals surface area contributed by atoms with Crippen LogP contribution in [0.25, 0.3) is 0 Å². The van der Waals surface area contributed by atoms with Gasteiger partial charge in [0.25, 0.3) is 0 Å². The van der Waals surface area contributed by atoms with Crippen LogP contribution in [0.4, 0.5) is 15.8 Å². The molecular formula is C18H19FN2O2S. The summed E-state index contributed by atoms with van der Waals surface area (Å²) in [5.41, 5.74) is 2.38. The lowest BCUT2D eigenvalue weighted by Crippen LogP contribution is -2.25. The van der Waals surface area contributed by atoms with E-state index in [9.17, 15) is 14.0 Å². The summed E-state index contributed by atoms with van der Waals surface area (Å²) in [5.74, 6) is -0.608. The van der Waals surface area contributed by atoms with Crippen molar-refractivity contribution in [3.63, 3.8) is 0 Å². The fourth-order valence-corrected chi connectivity index (χ4v) is 2.57. The minimum atomic E-state index is -0.370. The number of carbonyl (C=O) groups excluding carboxylic acids is 2. The smallest absolute Gasteiger partial charge is 0.237 e. The van der Waals surface area contributed by atoms with Gasteiger partial charge in [-0.05, 0) is 50.2 Å². The zero-order valence-electron chi connectivity index (χ0n) is 13.5. The minimum Gasteiger partial charge on any atom is -0.325 e. The lowest BCUT2D eigenvalue weighted by molar-refractivity contribution is -0.115. The molecule has 4 nitrogen and oxygen atoms in total. The molecule has 6 heteroatoms. The minimum absolute atomic E-state index is 0.139. The van der Waals surface area contributed by atoms with E-state index in [4.69, 9.17) is 0 Å². The maximum Gasteiger partial charge on any atom is 0.237 e. The van der Waals surface area contributed by atoms with Gasteiger partial charge in [-0.2, -0.15) is 0 Å². The molecule has 0 aliphatic rings. The third-order valence-electron chi connectivity index (χ3n) is 3.28. The summed E-state index contributed by atoms with van der Waals surface area (Å²) >= 11 is 1.24. The molecule has 2 aromatic rings. The van der Waals surface area contributed by atoms with Crippen molar-refractivity contribution >= 4 is 35.0 Å². The number of anilines is 2. The summed E-state index contributed by atoms with van der Waals surface area (Å²) in [6, 6.07) is 13.1. The fraction of sp³-hybridized carbons (Fsp3) is 0.222. The number of hydrogen-bond donors (Lipinski definition) is 2. The van der Waals surface area contributed by atoms with Crippen LogP contribution in [0.1, 0.15) is 12.5 Å². The first kappa shape index (κ1) is 18.0. The average Bonchev–Trinajstić information content (AvgIpc) is 2.57. The Hall–Kier alpha value is -2.34. The molecule has 0 saturated heterocycles. The molecule has 1 atom stereocenters. The van der Waals surface area contributed by atoms with Crippen molar-refractivity contribution < 1.29 is 14.0 Å². The largest absolute Gasteiger partial charge is 0.325 e. The molecule has 0 heterocycles. The summed E-state index contributed by atoms with van der Waals surface area (Å²) in [5, 5.41) is 5.11. The van der Waals surface area contributed by atoms with Crippen LogP contribution in [0, 0.1) is 12.7 Å². The summed E-state index contributed by atoms with van der Waals surface area (Å²) < 4.78 is 12.8. The SMILES string of the molecule is Cc1ccc(NC(=O)[C@@H](C)SCC(=O)Nc2ccc(F)cc2)cc1. The van der Waals surface area contributed by atoms with E-state index in [1.807, 2.05) is 31.2 Å². The number of thioether (sulfide) groups is 1. The van der Waals surface area contributed by atoms with Crippen LogP contribution < -0.4 is 10.6 Å². The summed E-state index contributed by atoms with van der Waals surface area (Å²) in [6.07, 6.45) is 0. The van der Waals surface area contributed by atoms with Crippen LogP contribution in [0.2, 0.25) is 0 Å². The molecule has 2 rings (SSSR count). The lowest BCUT2D eigenvalue weighted by atomic mass is 10.2. The van der Waals surface area contributed by atoms with Crippen LogP contribution in [-0.2, 0) is 9.59 Å². The Morgan fingerprint density at radius 1 is 1.00 bits per heavy atom. The van der Waals surface area contributed by atoms with E-state index in [1.165, 1.54) is 36.0 Å². The van der Waals surface area contributed by atoms with Gasteiger partial charge in [-0.3, -0.25) is 9.59 Å². The number of amides is 2. The van der Waals surface area contributed by atoms with Crippen molar-refractivity contribution in [2.75, 3.05) is 16.4 Å². The fourth-order valence-electron chi connectivity index (χ4n) is 1.89. The number of halogens is 1. The maximum atomic E-state index is 12.8. The first-order valence-electron chi connectivity index (χ1n) is 7.48. The van der Waals surface area contributed by atoms with E-state index in [-0.39, 0.29) is 28.6 Å². The first-order chi connectivity index (χ1) is 11.4. The summed E-state index contributed by atoms with van der Waals surface area (Å²) in [4.78, 5) is 24.0. The number of nitrogens with one attached hydrogen (secondary N) is 2. The van der Waals surface area contributed by atoms with Gasteiger partial charge in [0.05, 0.1) is 11.0 Å². The summed E-state index contributed by atoms with van der Waals surface area (Å²) in [6.45, 7) is 3.73. The molecule has 24 heavy (non-hydrogen) atoms. The molecule has 0 aliphatic carbocycles. The third kappa shape index (κ3) is 5.70. The lowest BCUT2D eigenvalue weighted by Gasteiger charge is -2.12. The second-order valence-electron chi connectivity index (χ2n) is 5.36. The predicted molar refractivity (Wildman–Crippen MR) is 96.8 cm³/mol. The predicted octanol–water partition coefficient (Wildman–Crippen LogP) is 3.83. The number of rotatable bonds is 6. The van der Waals surface area contributed by atoms with Gasteiger partial charge < -0.3 is 10.6 Å². The van der Waals surface area contributed by atoms with Gasteiger partial charge in [-0.1, -0.05) is 17.7 Å². The molecule has 126 valence electrons. The highest BCUT2D eigenvalue weighted by Gasteiger charge is 2.15. The molecular weight excluding hydrogens is 327 g/mol. The Morgan fingerprint density at radius 2 is 1.54 bits per heavy atom. The van der Waals surface area contributed by atoms with Gasteiger partial charge in [0.1, 0.15) is 5.82 Å². The molecule has 2 aromatic carbocycles. The van der Waals surface area contributed by atoms with E-state index in [2.05, 4.69) is 10.6 Å². The Bertz CT molecular complexity index is 702. The molecule has 2 N–H and O–H groups in total. The molecule has 2 amide bonds. The van der Waals surface area contributed by atoms with Crippen LogP contribution in [0.3, 0.4) is 0 Å². The summed E-state index contributed by atoms with van der Waals surface area (Å²) in [7, 11) is 0. The van der Waals surface area contributed by atoms with Gasteiger partial charge in [0.15, 0.2) is 0 Å². The van der Waals surface area contributed by atoms with Crippen molar-refractivity contribution in [2.24, 2.45) is 0 Å². The van der Waals surface area contributed by atoms with Crippen molar-refractivity contribution in [1.29, 1.82) is 0 Å². The average molecular weight is 346 g/mol. The zero-order chi connectivity index (χ0) is 17.5. The molecule has 0 radical (unpaired) electrons. The first-order valence-corrected chi connectivity index (χ1v) is 8.53. The second-order valence-corrected chi connectivity index (χ2v) is 6.69. The number of carbonyl (C=O) groups is 2. The number of hydrogen-bond acceptors (Lipinski definition) is 3. The number of aryl methyl sites for hydroxylation is 1. The molecule has 0 saturated carbocycles. The molecule has 0 spiro atoms. The van der Waals surface area contributed by atoms with Crippen LogP contribution in [0.5, 0.6) is 0 Å². The number of benzene rings is 2. The highest BCUT2D eigenvalue weighted by atomic mass is 32.2. The maximum absolute atomic E-state index is 12.8. The van der Waals surface area contributed by atoms with Gasteiger partial charge in [-0.25, -0.2) is 4.39 Å². The molecule has 0 bridgehead atoms. The molecule has 0 aromatic heterocycles. The topological polar surface area (TPSA) is 58.2 Å². The van der Waals surface area contributed by atoms with Crippen LogP contribution in [0.15, 0.2) is 48.5 Å². The van der Waals surface area contributed by atoms with Crippen molar-refractivity contribution in [1.82, 2.24) is 0 Å². The second kappa shape index (κ2) is 8.49. The third-order valence-corrected chi connectivity index (χ3v) is 4.42. The Balaban J connectivity index is 1.77. The zero-order valence-corrected chi connectivity index (χ0v) is 14.3. The molecule has 0 aliphatic heterocycles. The van der Waals surface area contributed by atoms with E-state index in [1.54, 1.807) is 6.92 Å².